The predicted molar refractivity (Wildman–Crippen MR) is 52.2 cm³/mol. The third-order valence-electron chi connectivity index (χ3n) is 1.38. The normalized spacial score (nSPS) is 8.75. The Hall–Kier alpha value is -1.00. The minimum atomic E-state index is 0.129. The molecule has 0 fully saturated rings. The zero-order valence-electron chi connectivity index (χ0n) is 7.10. The predicted octanol–water partition coefficient (Wildman–Crippen LogP) is 1.95. The van der Waals surface area contributed by atoms with Crippen molar-refractivity contribution in [2.75, 3.05) is 6.54 Å². The average Bonchev–Trinajstić information content (AvgIpc) is 2.03. The lowest BCUT2D eigenvalue weighted by Crippen LogP contribution is -2.31. The van der Waals surface area contributed by atoms with Gasteiger partial charge in [-0.3, -0.25) is 0 Å². The molecule has 5 nitrogen and oxygen atoms in total. The van der Waals surface area contributed by atoms with Gasteiger partial charge < -0.3 is 5.73 Å². The molecule has 12 heavy (non-hydrogen) atoms. The van der Waals surface area contributed by atoms with Crippen molar-refractivity contribution >= 4 is 17.3 Å². The molecule has 0 bridgehead atoms. The van der Waals surface area contributed by atoms with Crippen LogP contribution in [0, 0.1) is 0 Å². The summed E-state index contributed by atoms with van der Waals surface area (Å²) >= 11 is 4.67. The SMILES string of the molecule is CCCCCN(N=[N+]=[N-])C(N)=S. The molecule has 0 unspecified atom stereocenters. The molecular formula is C6H13N5S. The maximum atomic E-state index is 8.14. The van der Waals surface area contributed by atoms with Crippen LogP contribution in [0.3, 0.4) is 0 Å². The largest absolute Gasteiger partial charge is 0.356 e. The van der Waals surface area contributed by atoms with Crippen LogP contribution in [0.2, 0.25) is 0 Å². The second-order valence-corrected chi connectivity index (χ2v) is 2.77. The Balaban J connectivity index is 3.79. The number of hydrogen-bond donors (Lipinski definition) is 1. The molecule has 0 atom stereocenters. The van der Waals surface area contributed by atoms with E-state index in [2.05, 4.69) is 29.3 Å². The fourth-order valence-corrected chi connectivity index (χ4v) is 0.887. The van der Waals surface area contributed by atoms with Gasteiger partial charge in [0.05, 0.1) is 6.54 Å². The molecule has 68 valence electrons. The first-order valence-electron chi connectivity index (χ1n) is 3.84. The Kier molecular flexibility index (Phi) is 6.14. The molecule has 0 rings (SSSR count). The molecule has 0 heterocycles. The molecule has 2 N–H and O–H groups in total. The van der Waals surface area contributed by atoms with Gasteiger partial charge in [0.25, 0.3) is 5.11 Å². The van der Waals surface area contributed by atoms with Crippen LogP contribution in [-0.2, 0) is 0 Å². The fraction of sp³-hybridized carbons (Fsp3) is 0.833. The van der Waals surface area contributed by atoms with E-state index in [-0.39, 0.29) is 5.11 Å². The lowest BCUT2D eigenvalue weighted by atomic mass is 10.2. The summed E-state index contributed by atoms with van der Waals surface area (Å²) in [6, 6.07) is 0. The van der Waals surface area contributed by atoms with Gasteiger partial charge in [0, 0.05) is 0 Å². The van der Waals surface area contributed by atoms with Crippen molar-refractivity contribution in [3.8, 4) is 0 Å². The second-order valence-electron chi connectivity index (χ2n) is 2.35. The summed E-state index contributed by atoms with van der Waals surface area (Å²) in [4.78, 5) is 2.62. The standard InChI is InChI=1S/C6H13N5S/c1-2-3-4-5-11(6(7)12)10-9-8/h2-5H2,1H3,(H2,7,12). The topological polar surface area (TPSA) is 78.0 Å². The van der Waals surface area contributed by atoms with Gasteiger partial charge >= 0.3 is 0 Å². The molecule has 0 aliphatic carbocycles. The summed E-state index contributed by atoms with van der Waals surface area (Å²) in [5.74, 6) is 0. The molecule has 0 aliphatic heterocycles. The van der Waals surface area contributed by atoms with Crippen LogP contribution in [0.4, 0.5) is 0 Å². The van der Waals surface area contributed by atoms with Gasteiger partial charge in [-0.15, -0.1) is 5.53 Å². The van der Waals surface area contributed by atoms with Crippen molar-refractivity contribution in [2.24, 2.45) is 11.0 Å². The van der Waals surface area contributed by atoms with Crippen LogP contribution >= 0.6 is 12.2 Å². The van der Waals surface area contributed by atoms with Crippen molar-refractivity contribution in [1.82, 2.24) is 5.01 Å². The average molecular weight is 187 g/mol. The highest BCUT2D eigenvalue weighted by atomic mass is 32.1. The molecule has 6 heteroatoms. The lowest BCUT2D eigenvalue weighted by Gasteiger charge is -2.09. The van der Waals surface area contributed by atoms with Gasteiger partial charge in [-0.05, 0) is 30.3 Å². The maximum absolute atomic E-state index is 8.14. The van der Waals surface area contributed by atoms with Crippen molar-refractivity contribution in [1.29, 1.82) is 0 Å². The third-order valence-corrected chi connectivity index (χ3v) is 1.59. The molecule has 0 aromatic rings. The van der Waals surface area contributed by atoms with Gasteiger partial charge in [-0.25, -0.2) is 0 Å². The number of unbranched alkanes of at least 4 members (excludes halogenated alkanes) is 2. The summed E-state index contributed by atoms with van der Waals surface area (Å²) in [6.07, 6.45) is 3.13. The number of thiocarbonyl (C=S) groups is 1. The van der Waals surface area contributed by atoms with Gasteiger partial charge in [-0.2, -0.15) is 9.92 Å². The first kappa shape index (κ1) is 11.0. The Bertz CT molecular complexity index is 184. The molecule has 0 aliphatic rings. The van der Waals surface area contributed by atoms with Crippen molar-refractivity contribution in [2.45, 2.75) is 26.2 Å². The first-order valence-corrected chi connectivity index (χ1v) is 4.25. The molecule has 0 saturated heterocycles. The van der Waals surface area contributed by atoms with Crippen molar-refractivity contribution < 1.29 is 0 Å². The van der Waals surface area contributed by atoms with E-state index in [4.69, 9.17) is 11.3 Å². The van der Waals surface area contributed by atoms with Crippen LogP contribution in [0.1, 0.15) is 26.2 Å². The van der Waals surface area contributed by atoms with Crippen LogP contribution < -0.4 is 5.73 Å². The number of nitrogens with two attached hydrogens (primary N) is 1. The monoisotopic (exact) mass is 187 g/mol. The van der Waals surface area contributed by atoms with E-state index in [0.717, 1.165) is 19.3 Å². The minimum absolute atomic E-state index is 0.129. The van der Waals surface area contributed by atoms with Crippen molar-refractivity contribution in [3.05, 3.63) is 10.4 Å². The number of azide groups is 1. The minimum Gasteiger partial charge on any atom is -0.356 e. The van der Waals surface area contributed by atoms with Crippen LogP contribution in [0.25, 0.3) is 10.4 Å². The Morgan fingerprint density at radius 3 is 2.75 bits per heavy atom. The third kappa shape index (κ3) is 4.76. The highest BCUT2D eigenvalue weighted by molar-refractivity contribution is 7.80. The highest BCUT2D eigenvalue weighted by Gasteiger charge is 2.06. The fourth-order valence-electron chi connectivity index (χ4n) is 0.759. The summed E-state index contributed by atoms with van der Waals surface area (Å²) < 4.78 is 0. The molecule has 0 aromatic carbocycles. The summed E-state index contributed by atoms with van der Waals surface area (Å²) in [7, 11) is 0. The van der Waals surface area contributed by atoms with E-state index in [1.54, 1.807) is 0 Å². The number of nitrogens with zero attached hydrogens (tertiary/aromatic N) is 4. The Labute approximate surface area is 77.1 Å². The van der Waals surface area contributed by atoms with Gasteiger partial charge in [-0.1, -0.05) is 13.3 Å². The number of hydrogen-bond acceptors (Lipinski definition) is 2. The van der Waals surface area contributed by atoms with Gasteiger partial charge in [0.2, 0.25) is 0 Å². The molecular weight excluding hydrogens is 174 g/mol. The second kappa shape index (κ2) is 6.69. The van der Waals surface area contributed by atoms with Crippen LogP contribution in [-0.4, -0.2) is 16.7 Å². The smallest absolute Gasteiger partial charge is 0.263 e. The van der Waals surface area contributed by atoms with E-state index < -0.39 is 0 Å². The zero-order chi connectivity index (χ0) is 9.40. The molecule has 0 saturated carbocycles. The summed E-state index contributed by atoms with van der Waals surface area (Å²) in [6.45, 7) is 2.70. The summed E-state index contributed by atoms with van der Waals surface area (Å²) in [5.41, 5.74) is 13.4. The molecule has 0 spiro atoms. The maximum Gasteiger partial charge on any atom is 0.263 e. The highest BCUT2D eigenvalue weighted by Crippen LogP contribution is 1.98. The van der Waals surface area contributed by atoms with Crippen LogP contribution in [0.5, 0.6) is 0 Å². The van der Waals surface area contributed by atoms with E-state index >= 15 is 0 Å². The number of rotatable bonds is 5. The van der Waals surface area contributed by atoms with E-state index in [0.29, 0.717) is 6.54 Å². The van der Waals surface area contributed by atoms with Gasteiger partial charge in [0.15, 0.2) is 0 Å². The molecule has 0 amide bonds. The zero-order valence-corrected chi connectivity index (χ0v) is 7.92. The Morgan fingerprint density at radius 1 is 1.67 bits per heavy atom. The van der Waals surface area contributed by atoms with E-state index in [1.165, 1.54) is 5.01 Å². The quantitative estimate of drug-likeness (QED) is 0.178. The van der Waals surface area contributed by atoms with E-state index in [9.17, 15) is 0 Å². The molecule has 0 radical (unpaired) electrons. The van der Waals surface area contributed by atoms with E-state index in [1.807, 2.05) is 0 Å². The summed E-state index contributed by atoms with van der Waals surface area (Å²) in [5, 5.41) is 4.77. The van der Waals surface area contributed by atoms with Crippen molar-refractivity contribution in [3.63, 3.8) is 0 Å². The first-order chi connectivity index (χ1) is 5.72. The lowest BCUT2D eigenvalue weighted by molar-refractivity contribution is 0.422. The van der Waals surface area contributed by atoms with Gasteiger partial charge in [0.1, 0.15) is 0 Å². The molecule has 0 aromatic heterocycles. The Morgan fingerprint density at radius 2 is 2.33 bits per heavy atom. The van der Waals surface area contributed by atoms with Crippen LogP contribution in [0.15, 0.2) is 5.22 Å².